The van der Waals surface area contributed by atoms with Crippen molar-refractivity contribution in [3.8, 4) is 11.1 Å². The summed E-state index contributed by atoms with van der Waals surface area (Å²) in [6.07, 6.45) is 3.71. The maximum atomic E-state index is 12.9. The molecule has 2 heterocycles. The van der Waals surface area contributed by atoms with Crippen molar-refractivity contribution < 1.29 is 13.2 Å². The van der Waals surface area contributed by atoms with Crippen LogP contribution in [0.4, 0.5) is 0 Å². The van der Waals surface area contributed by atoms with Crippen molar-refractivity contribution in [1.29, 1.82) is 0 Å². The van der Waals surface area contributed by atoms with Crippen LogP contribution in [-0.4, -0.2) is 81.1 Å². The fourth-order valence-electron chi connectivity index (χ4n) is 4.99. The lowest BCUT2D eigenvalue weighted by Crippen LogP contribution is -2.41. The van der Waals surface area contributed by atoms with Crippen LogP contribution in [0, 0.1) is 0 Å². The van der Waals surface area contributed by atoms with E-state index in [2.05, 4.69) is 33.4 Å². The first-order valence-corrected chi connectivity index (χ1v) is 14.2. The van der Waals surface area contributed by atoms with Crippen molar-refractivity contribution in [3.05, 3.63) is 59.8 Å². The molecule has 0 radical (unpaired) electrons. The number of aromatic nitrogens is 1. The third-order valence-electron chi connectivity index (χ3n) is 6.93. The molecule has 0 aliphatic carbocycles. The van der Waals surface area contributed by atoms with Gasteiger partial charge in [0.25, 0.3) is 0 Å². The van der Waals surface area contributed by atoms with Gasteiger partial charge < -0.3 is 20.9 Å². The van der Waals surface area contributed by atoms with Crippen LogP contribution in [0.5, 0.6) is 0 Å². The molecule has 194 valence electrons. The van der Waals surface area contributed by atoms with E-state index in [9.17, 15) is 13.2 Å². The minimum absolute atomic E-state index is 0.120. The van der Waals surface area contributed by atoms with Crippen LogP contribution in [0.3, 0.4) is 0 Å². The molecule has 9 heteroatoms. The van der Waals surface area contributed by atoms with Crippen LogP contribution in [0.2, 0.25) is 0 Å². The fraction of sp³-hybridized carbons (Fsp3) is 0.444. The molecule has 1 aliphatic heterocycles. The minimum atomic E-state index is -3.28. The van der Waals surface area contributed by atoms with Gasteiger partial charge in [-0.05, 0) is 67.2 Å². The quantitative estimate of drug-likeness (QED) is 0.343. The number of piperidine rings is 1. The summed E-state index contributed by atoms with van der Waals surface area (Å²) in [5.74, 6) is -0.00186. The average molecular weight is 512 g/mol. The van der Waals surface area contributed by atoms with Crippen LogP contribution in [0.25, 0.3) is 22.0 Å². The molecule has 1 aromatic heterocycles. The first kappa shape index (κ1) is 26.3. The number of benzene rings is 2. The van der Waals surface area contributed by atoms with Crippen molar-refractivity contribution in [1.82, 2.24) is 19.5 Å². The second-order valence-electron chi connectivity index (χ2n) is 9.85. The van der Waals surface area contributed by atoms with Gasteiger partial charge in [-0.25, -0.2) is 12.7 Å². The maximum Gasteiger partial charge on any atom is 0.221 e. The van der Waals surface area contributed by atoms with E-state index in [0.717, 1.165) is 53.5 Å². The molecule has 1 fully saturated rings. The second-order valence-corrected chi connectivity index (χ2v) is 11.9. The number of rotatable bonds is 11. The van der Waals surface area contributed by atoms with E-state index in [1.807, 2.05) is 44.6 Å². The smallest absolute Gasteiger partial charge is 0.221 e. The van der Waals surface area contributed by atoms with Gasteiger partial charge in [0.2, 0.25) is 15.9 Å². The van der Waals surface area contributed by atoms with Crippen molar-refractivity contribution >= 4 is 26.8 Å². The number of primary amides is 1. The molecule has 36 heavy (non-hydrogen) atoms. The summed E-state index contributed by atoms with van der Waals surface area (Å²) in [7, 11) is 0.711. The molecule has 2 aromatic carbocycles. The molecule has 0 atom stereocenters. The van der Waals surface area contributed by atoms with Gasteiger partial charge in [-0.2, -0.15) is 0 Å². The Kier molecular flexibility index (Phi) is 8.46. The number of carbonyl (C=O) groups is 1. The normalized spacial score (nSPS) is 15.6. The zero-order chi connectivity index (χ0) is 25.7. The standard InChI is InChI=1S/C27H37N5O3S/c1-31(2)14-10-29-11-15-36(34,35)32-12-8-21(9-13-32)25-19-30-27-23(18-26(28)33)16-22(17-24(25)27)20-6-4-3-5-7-20/h3-7,16-17,19,21,29-30H,8-15,18H2,1-2H3,(H2,28,33). The molecule has 0 spiro atoms. The van der Waals surface area contributed by atoms with Crippen LogP contribution >= 0.6 is 0 Å². The fourth-order valence-corrected chi connectivity index (χ4v) is 6.42. The predicted octanol–water partition coefficient (Wildman–Crippen LogP) is 2.52. The van der Waals surface area contributed by atoms with Crippen LogP contribution < -0.4 is 11.1 Å². The zero-order valence-corrected chi connectivity index (χ0v) is 22.0. The number of likely N-dealkylation sites (N-methyl/N-ethyl adjacent to an activating group) is 1. The third kappa shape index (κ3) is 6.34. The second kappa shape index (κ2) is 11.6. The number of aromatic amines is 1. The Hall–Kier alpha value is -2.72. The zero-order valence-electron chi connectivity index (χ0n) is 21.2. The number of fused-ring (bicyclic) bond motifs is 1. The molecule has 3 aromatic rings. The first-order chi connectivity index (χ1) is 17.2. The Morgan fingerprint density at radius 3 is 2.50 bits per heavy atom. The number of carbonyl (C=O) groups excluding carboxylic acids is 1. The number of sulfonamides is 1. The van der Waals surface area contributed by atoms with E-state index >= 15 is 0 Å². The van der Waals surface area contributed by atoms with E-state index in [0.29, 0.717) is 19.6 Å². The average Bonchev–Trinajstić information content (AvgIpc) is 3.28. The van der Waals surface area contributed by atoms with E-state index in [4.69, 9.17) is 5.73 Å². The highest BCUT2D eigenvalue weighted by Gasteiger charge is 2.29. The molecule has 0 saturated carbocycles. The Labute approximate surface area is 213 Å². The number of hydrogen-bond acceptors (Lipinski definition) is 5. The molecule has 0 bridgehead atoms. The van der Waals surface area contributed by atoms with Crippen LogP contribution in [0.15, 0.2) is 48.7 Å². The summed E-state index contributed by atoms with van der Waals surface area (Å²) in [4.78, 5) is 17.2. The van der Waals surface area contributed by atoms with Crippen LogP contribution in [0.1, 0.15) is 29.9 Å². The van der Waals surface area contributed by atoms with E-state index in [1.165, 1.54) is 5.56 Å². The summed E-state index contributed by atoms with van der Waals surface area (Å²) in [5.41, 5.74) is 10.7. The summed E-state index contributed by atoms with van der Waals surface area (Å²) < 4.78 is 27.4. The molecule has 1 aliphatic rings. The lowest BCUT2D eigenvalue weighted by molar-refractivity contribution is -0.117. The van der Waals surface area contributed by atoms with Crippen molar-refractivity contribution in [2.24, 2.45) is 5.73 Å². The Bertz CT molecular complexity index is 1280. The predicted molar refractivity (Wildman–Crippen MR) is 145 cm³/mol. The van der Waals surface area contributed by atoms with E-state index < -0.39 is 10.0 Å². The van der Waals surface area contributed by atoms with E-state index in [-0.39, 0.29) is 24.0 Å². The Morgan fingerprint density at radius 2 is 1.83 bits per heavy atom. The maximum absolute atomic E-state index is 12.9. The number of nitrogens with one attached hydrogen (secondary N) is 2. The van der Waals surface area contributed by atoms with Gasteiger partial charge in [-0.3, -0.25) is 4.79 Å². The van der Waals surface area contributed by atoms with Crippen molar-refractivity contribution in [3.63, 3.8) is 0 Å². The molecule has 4 rings (SSSR count). The Morgan fingerprint density at radius 1 is 1.11 bits per heavy atom. The SMILES string of the molecule is CN(C)CCNCCS(=O)(=O)N1CCC(c2c[nH]c3c(CC(N)=O)cc(-c4ccccc4)cc23)CC1. The topological polar surface area (TPSA) is 112 Å². The minimum Gasteiger partial charge on any atom is -0.369 e. The van der Waals surface area contributed by atoms with Gasteiger partial charge in [0, 0.05) is 49.8 Å². The summed E-state index contributed by atoms with van der Waals surface area (Å²) in [5, 5.41) is 4.30. The summed E-state index contributed by atoms with van der Waals surface area (Å²) in [6, 6.07) is 14.3. The first-order valence-electron chi connectivity index (χ1n) is 12.6. The van der Waals surface area contributed by atoms with Crippen molar-refractivity contribution in [2.75, 3.05) is 52.6 Å². The molecule has 8 nitrogen and oxygen atoms in total. The molecule has 1 saturated heterocycles. The highest BCUT2D eigenvalue weighted by atomic mass is 32.2. The highest BCUT2D eigenvalue weighted by molar-refractivity contribution is 7.89. The number of H-pyrrole nitrogens is 1. The third-order valence-corrected chi connectivity index (χ3v) is 8.81. The molecule has 0 unspecified atom stereocenters. The van der Waals surface area contributed by atoms with Gasteiger partial charge in [-0.15, -0.1) is 0 Å². The molecular weight excluding hydrogens is 474 g/mol. The lowest BCUT2D eigenvalue weighted by atomic mass is 9.88. The number of hydrogen-bond donors (Lipinski definition) is 3. The monoisotopic (exact) mass is 511 g/mol. The van der Waals surface area contributed by atoms with Gasteiger partial charge in [0.15, 0.2) is 0 Å². The summed E-state index contributed by atoms with van der Waals surface area (Å²) >= 11 is 0. The number of nitrogens with zero attached hydrogens (tertiary/aromatic N) is 2. The Balaban J connectivity index is 1.49. The summed E-state index contributed by atoms with van der Waals surface area (Å²) in [6.45, 7) is 3.15. The number of amides is 1. The van der Waals surface area contributed by atoms with Gasteiger partial charge in [0.05, 0.1) is 12.2 Å². The molecule has 1 amide bonds. The van der Waals surface area contributed by atoms with E-state index in [1.54, 1.807) is 4.31 Å². The highest BCUT2D eigenvalue weighted by Crippen LogP contribution is 2.37. The van der Waals surface area contributed by atoms with Gasteiger partial charge >= 0.3 is 0 Å². The largest absolute Gasteiger partial charge is 0.369 e. The number of nitrogens with two attached hydrogens (primary N) is 1. The van der Waals surface area contributed by atoms with Gasteiger partial charge in [0.1, 0.15) is 0 Å². The van der Waals surface area contributed by atoms with Crippen molar-refractivity contribution in [2.45, 2.75) is 25.2 Å². The molecular formula is C27H37N5O3S. The van der Waals surface area contributed by atoms with Crippen LogP contribution in [-0.2, 0) is 21.2 Å². The molecule has 4 N–H and O–H groups in total. The lowest BCUT2D eigenvalue weighted by Gasteiger charge is -2.31. The van der Waals surface area contributed by atoms with Gasteiger partial charge in [-0.1, -0.05) is 30.3 Å².